The average Bonchev–Trinajstić information content (AvgIpc) is 2.96. The van der Waals surface area contributed by atoms with Crippen LogP contribution in [0, 0.1) is 13.8 Å². The number of hydrogen-bond acceptors (Lipinski definition) is 4. The van der Waals surface area contributed by atoms with Crippen LogP contribution >= 0.6 is 24.0 Å². The summed E-state index contributed by atoms with van der Waals surface area (Å²) in [6, 6.07) is 6.43. The molecule has 1 aromatic heterocycles. The molecule has 0 fully saturated rings. The molecule has 3 rings (SSSR count). The molecule has 1 atom stereocenters. The molecule has 2 heterocycles. The zero-order valence-electron chi connectivity index (χ0n) is 19.7. The van der Waals surface area contributed by atoms with E-state index in [0.29, 0.717) is 13.2 Å². The molecule has 1 unspecified atom stereocenters. The summed E-state index contributed by atoms with van der Waals surface area (Å²) in [4.78, 5) is 4.42. The second kappa shape index (κ2) is 10.6. The van der Waals surface area contributed by atoms with Crippen molar-refractivity contribution in [1.82, 2.24) is 20.4 Å². The Balaban J connectivity index is 0.00000341. The van der Waals surface area contributed by atoms with Gasteiger partial charge in [0.15, 0.2) is 17.5 Å². The summed E-state index contributed by atoms with van der Waals surface area (Å²) in [5.41, 5.74) is 4.69. The van der Waals surface area contributed by atoms with Crippen LogP contribution in [0.3, 0.4) is 0 Å². The molecular formula is C23H36IN5O2. The fourth-order valence-corrected chi connectivity index (χ4v) is 3.77. The van der Waals surface area contributed by atoms with Crippen molar-refractivity contribution in [2.45, 2.75) is 52.5 Å². The molecule has 2 N–H and O–H groups in total. The number of benzene rings is 1. The van der Waals surface area contributed by atoms with Crippen LogP contribution in [0.2, 0.25) is 0 Å². The Hall–Kier alpha value is -1.97. The zero-order chi connectivity index (χ0) is 21.9. The smallest absolute Gasteiger partial charge is 0.191 e. The van der Waals surface area contributed by atoms with E-state index in [-0.39, 0.29) is 35.4 Å². The largest absolute Gasteiger partial charge is 0.486 e. The van der Waals surface area contributed by atoms with Crippen LogP contribution in [0.4, 0.5) is 0 Å². The molecule has 8 heteroatoms. The Kier molecular flexibility index (Phi) is 8.62. The predicted octanol–water partition coefficient (Wildman–Crippen LogP) is 3.50. The van der Waals surface area contributed by atoms with Crippen LogP contribution in [-0.2, 0) is 18.9 Å². The second-order valence-electron chi connectivity index (χ2n) is 8.69. The first-order valence-corrected chi connectivity index (χ1v) is 10.6. The van der Waals surface area contributed by atoms with E-state index < -0.39 is 0 Å². The third kappa shape index (κ3) is 6.05. The first-order chi connectivity index (χ1) is 14.2. The van der Waals surface area contributed by atoms with E-state index in [4.69, 9.17) is 9.47 Å². The summed E-state index contributed by atoms with van der Waals surface area (Å²) in [7, 11) is 3.80. The second-order valence-corrected chi connectivity index (χ2v) is 8.69. The summed E-state index contributed by atoms with van der Waals surface area (Å²) < 4.78 is 13.3. The Labute approximate surface area is 203 Å². The van der Waals surface area contributed by atoms with Crippen LogP contribution in [0.15, 0.2) is 23.2 Å². The topological polar surface area (TPSA) is 72.7 Å². The number of halogens is 1. The Morgan fingerprint density at radius 1 is 1.23 bits per heavy atom. The van der Waals surface area contributed by atoms with Gasteiger partial charge in [0.25, 0.3) is 0 Å². The van der Waals surface area contributed by atoms with E-state index >= 15 is 0 Å². The molecule has 2 aromatic rings. The summed E-state index contributed by atoms with van der Waals surface area (Å²) in [6.45, 7) is 12.7. The van der Waals surface area contributed by atoms with E-state index in [0.717, 1.165) is 36.1 Å². The summed E-state index contributed by atoms with van der Waals surface area (Å²) in [5, 5.41) is 11.5. The quantitative estimate of drug-likeness (QED) is 0.333. The zero-order valence-corrected chi connectivity index (χ0v) is 22.0. The van der Waals surface area contributed by atoms with Crippen molar-refractivity contribution < 1.29 is 9.47 Å². The number of aliphatic imine (C=N–C) groups is 1. The van der Waals surface area contributed by atoms with E-state index in [1.54, 1.807) is 7.05 Å². The van der Waals surface area contributed by atoms with E-state index in [1.807, 2.05) is 17.8 Å². The van der Waals surface area contributed by atoms with Crippen LogP contribution in [0.1, 0.15) is 43.3 Å². The molecule has 7 nitrogen and oxygen atoms in total. The van der Waals surface area contributed by atoms with Crippen molar-refractivity contribution in [3.8, 4) is 11.5 Å². The van der Waals surface area contributed by atoms with Gasteiger partial charge in [-0.1, -0.05) is 19.9 Å². The van der Waals surface area contributed by atoms with Crippen molar-refractivity contribution in [3.05, 3.63) is 40.7 Å². The van der Waals surface area contributed by atoms with Gasteiger partial charge >= 0.3 is 0 Å². The van der Waals surface area contributed by atoms with Crippen LogP contribution in [0.25, 0.3) is 0 Å². The number of guanidine groups is 1. The molecule has 0 spiro atoms. The predicted molar refractivity (Wildman–Crippen MR) is 136 cm³/mol. The van der Waals surface area contributed by atoms with Crippen molar-refractivity contribution >= 4 is 29.9 Å². The van der Waals surface area contributed by atoms with Gasteiger partial charge in [-0.3, -0.25) is 9.67 Å². The third-order valence-corrected chi connectivity index (χ3v) is 5.80. The first kappa shape index (κ1) is 25.3. The van der Waals surface area contributed by atoms with Gasteiger partial charge in [0.1, 0.15) is 13.2 Å². The molecule has 0 saturated carbocycles. The van der Waals surface area contributed by atoms with Gasteiger partial charge in [0.05, 0.1) is 5.69 Å². The Morgan fingerprint density at radius 3 is 2.52 bits per heavy atom. The van der Waals surface area contributed by atoms with Crippen molar-refractivity contribution in [2.24, 2.45) is 12.0 Å². The number of hydrogen-bond donors (Lipinski definition) is 2. The minimum atomic E-state index is -0.104. The fourth-order valence-electron chi connectivity index (χ4n) is 3.77. The number of nitrogens with zero attached hydrogens (tertiary/aromatic N) is 3. The molecule has 0 bridgehead atoms. The molecule has 0 radical (unpaired) electrons. The van der Waals surface area contributed by atoms with Crippen molar-refractivity contribution in [1.29, 1.82) is 0 Å². The average molecular weight is 541 g/mol. The van der Waals surface area contributed by atoms with Crippen LogP contribution < -0.4 is 20.1 Å². The molecule has 172 valence electrons. The molecule has 0 saturated heterocycles. The van der Waals surface area contributed by atoms with Crippen molar-refractivity contribution in [2.75, 3.05) is 26.8 Å². The number of aryl methyl sites for hydroxylation is 2. The summed E-state index contributed by atoms with van der Waals surface area (Å²) in [6.07, 6.45) is 0.901. The lowest BCUT2D eigenvalue weighted by Gasteiger charge is -2.29. The molecule has 31 heavy (non-hydrogen) atoms. The minimum absolute atomic E-state index is 0. The number of nitrogens with one attached hydrogen (secondary N) is 2. The highest BCUT2D eigenvalue weighted by atomic mass is 127. The highest BCUT2D eigenvalue weighted by molar-refractivity contribution is 14.0. The maximum absolute atomic E-state index is 5.75. The molecule has 1 aromatic carbocycles. The normalized spacial score (nSPS) is 14.6. The van der Waals surface area contributed by atoms with Gasteiger partial charge in [-0.2, -0.15) is 5.10 Å². The molecule has 0 aliphatic carbocycles. The van der Waals surface area contributed by atoms with Gasteiger partial charge in [-0.25, -0.2) is 0 Å². The monoisotopic (exact) mass is 541 g/mol. The molecule has 0 amide bonds. The number of rotatable bonds is 6. The lowest BCUT2D eigenvalue weighted by atomic mass is 9.84. The minimum Gasteiger partial charge on any atom is -0.486 e. The highest BCUT2D eigenvalue weighted by Crippen LogP contribution is 2.34. The summed E-state index contributed by atoms with van der Waals surface area (Å²) in [5.74, 6) is 2.44. The van der Waals surface area contributed by atoms with E-state index in [1.165, 1.54) is 16.8 Å². The molecule has 1 aliphatic rings. The number of aromatic nitrogens is 2. The van der Waals surface area contributed by atoms with Gasteiger partial charge in [0.2, 0.25) is 0 Å². The lowest BCUT2D eigenvalue weighted by molar-refractivity contribution is 0.171. The van der Waals surface area contributed by atoms with Crippen molar-refractivity contribution in [3.63, 3.8) is 0 Å². The first-order valence-electron chi connectivity index (χ1n) is 10.6. The van der Waals surface area contributed by atoms with Gasteiger partial charge < -0.3 is 20.1 Å². The standard InChI is InChI=1S/C23H35N5O2.HI/c1-15(12-19-16(2)27-28(7)17(19)3)26-22(24-6)25-14-23(4,5)18-8-9-20-21(13-18)30-11-10-29-20;/h8-9,13,15H,10-12,14H2,1-7H3,(H2,24,25,26);1H. The maximum Gasteiger partial charge on any atom is 0.191 e. The lowest BCUT2D eigenvalue weighted by Crippen LogP contribution is -2.47. The number of ether oxygens (including phenoxy) is 2. The Morgan fingerprint density at radius 2 is 1.90 bits per heavy atom. The van der Waals surface area contributed by atoms with Gasteiger partial charge in [0, 0.05) is 37.8 Å². The van der Waals surface area contributed by atoms with Crippen LogP contribution in [-0.4, -0.2) is 48.6 Å². The highest BCUT2D eigenvalue weighted by Gasteiger charge is 2.24. The Bertz CT molecular complexity index is 923. The fraction of sp³-hybridized carbons (Fsp3) is 0.565. The third-order valence-electron chi connectivity index (χ3n) is 5.80. The summed E-state index contributed by atoms with van der Waals surface area (Å²) >= 11 is 0. The van der Waals surface area contributed by atoms with Crippen LogP contribution in [0.5, 0.6) is 11.5 Å². The van der Waals surface area contributed by atoms with E-state index in [2.05, 4.69) is 67.5 Å². The molecule has 1 aliphatic heterocycles. The van der Waals surface area contributed by atoms with E-state index in [9.17, 15) is 0 Å². The SMILES string of the molecule is CN=C(NCC(C)(C)c1ccc2c(c1)OCCO2)NC(C)Cc1c(C)nn(C)c1C.I. The number of fused-ring (bicyclic) bond motifs is 1. The van der Waals surface area contributed by atoms with Gasteiger partial charge in [-0.05, 0) is 50.5 Å². The maximum atomic E-state index is 5.75. The van der Waals surface area contributed by atoms with Gasteiger partial charge in [-0.15, -0.1) is 24.0 Å². The molecular weight excluding hydrogens is 505 g/mol.